The van der Waals surface area contributed by atoms with E-state index >= 15 is 0 Å². The maximum atomic E-state index is 11.9. The van der Waals surface area contributed by atoms with Crippen LogP contribution >= 0.6 is 0 Å². The summed E-state index contributed by atoms with van der Waals surface area (Å²) in [5.41, 5.74) is -1.14. The second-order valence-corrected chi connectivity index (χ2v) is 4.85. The minimum atomic E-state index is -1.14. The number of ether oxygens (including phenoxy) is 1. The van der Waals surface area contributed by atoms with Gasteiger partial charge in [0.25, 0.3) is 0 Å². The highest BCUT2D eigenvalue weighted by atomic mass is 16.5. The van der Waals surface area contributed by atoms with Crippen LogP contribution in [0.15, 0.2) is 0 Å². The van der Waals surface area contributed by atoms with E-state index in [4.69, 9.17) is 4.74 Å². The number of carboxylic acid groups (broad SMARTS) is 1. The molecule has 3 N–H and O–H groups in total. The molecular weight excluding hydrogens is 224 g/mol. The van der Waals surface area contributed by atoms with Gasteiger partial charge in [0, 0.05) is 6.54 Å². The van der Waals surface area contributed by atoms with Crippen molar-refractivity contribution in [2.75, 3.05) is 19.8 Å². The lowest BCUT2D eigenvalue weighted by Crippen LogP contribution is -2.60. The van der Waals surface area contributed by atoms with Crippen molar-refractivity contribution >= 4 is 11.9 Å². The molecule has 0 aromatic rings. The molecule has 1 aliphatic heterocycles. The van der Waals surface area contributed by atoms with Gasteiger partial charge in [0.15, 0.2) is 0 Å². The molecule has 1 heterocycles. The number of carbonyl (C=O) groups is 2. The summed E-state index contributed by atoms with van der Waals surface area (Å²) in [5, 5.41) is 14.9. The van der Waals surface area contributed by atoms with Gasteiger partial charge in [-0.15, -0.1) is 0 Å². The van der Waals surface area contributed by atoms with E-state index < -0.39 is 17.6 Å². The second-order valence-electron chi connectivity index (χ2n) is 4.85. The molecule has 0 bridgehead atoms. The first-order chi connectivity index (χ1) is 8.04. The molecule has 17 heavy (non-hydrogen) atoms. The second kappa shape index (κ2) is 4.62. The van der Waals surface area contributed by atoms with Gasteiger partial charge in [0.05, 0.1) is 13.2 Å². The first kappa shape index (κ1) is 12.3. The zero-order valence-corrected chi connectivity index (χ0v) is 9.86. The number of carboxylic acids is 1. The molecule has 2 aliphatic rings. The fourth-order valence-corrected chi connectivity index (χ4v) is 2.07. The highest BCUT2D eigenvalue weighted by molar-refractivity contribution is 5.90. The quantitative estimate of drug-likeness (QED) is 0.609. The minimum Gasteiger partial charge on any atom is -0.480 e. The maximum absolute atomic E-state index is 11.9. The number of hydrogen-bond acceptors (Lipinski definition) is 4. The van der Waals surface area contributed by atoms with Crippen LogP contribution in [0.2, 0.25) is 0 Å². The summed E-state index contributed by atoms with van der Waals surface area (Å²) in [4.78, 5) is 23.2. The summed E-state index contributed by atoms with van der Waals surface area (Å²) in [7, 11) is 0. The van der Waals surface area contributed by atoms with E-state index in [2.05, 4.69) is 10.6 Å². The van der Waals surface area contributed by atoms with Gasteiger partial charge in [-0.3, -0.25) is 4.79 Å². The van der Waals surface area contributed by atoms with Crippen LogP contribution in [0.5, 0.6) is 0 Å². The van der Waals surface area contributed by atoms with Gasteiger partial charge in [0.1, 0.15) is 11.6 Å². The molecule has 6 heteroatoms. The first-order valence-corrected chi connectivity index (χ1v) is 5.90. The number of amides is 1. The van der Waals surface area contributed by atoms with Crippen LogP contribution in [0, 0.1) is 5.92 Å². The molecular formula is C11H18N2O4. The Morgan fingerprint density at radius 3 is 2.65 bits per heavy atom. The lowest BCUT2D eigenvalue weighted by atomic mass is 9.95. The van der Waals surface area contributed by atoms with Crippen LogP contribution in [0.1, 0.15) is 19.8 Å². The zero-order chi connectivity index (χ0) is 12.5. The number of rotatable bonds is 4. The Morgan fingerprint density at radius 2 is 2.18 bits per heavy atom. The Hall–Kier alpha value is -1.14. The summed E-state index contributed by atoms with van der Waals surface area (Å²) in [6, 6.07) is -0.443. The molecule has 0 aromatic carbocycles. The molecule has 96 valence electrons. The molecule has 2 rings (SSSR count). The highest BCUT2D eigenvalue weighted by Crippen LogP contribution is 2.39. The van der Waals surface area contributed by atoms with Crippen molar-refractivity contribution < 1.29 is 19.4 Å². The molecule has 2 fully saturated rings. The summed E-state index contributed by atoms with van der Waals surface area (Å²) in [6.07, 6.45) is 1.72. The summed E-state index contributed by atoms with van der Waals surface area (Å²) < 4.78 is 5.18. The zero-order valence-electron chi connectivity index (χ0n) is 9.86. The van der Waals surface area contributed by atoms with Gasteiger partial charge in [0.2, 0.25) is 5.91 Å². The van der Waals surface area contributed by atoms with Crippen molar-refractivity contribution in [2.45, 2.75) is 31.3 Å². The standard InChI is InChI=1S/C11H18N2O4/c1-11(10(15)16,7-2-3-7)13-9(14)8-6-17-5-4-12-8/h7-8,12H,2-6H2,1H3,(H,13,14)(H,15,16). The lowest BCUT2D eigenvalue weighted by molar-refractivity contribution is -0.148. The summed E-state index contributed by atoms with van der Waals surface area (Å²) in [6.45, 7) is 3.08. The van der Waals surface area contributed by atoms with Crippen molar-refractivity contribution in [2.24, 2.45) is 5.92 Å². The topological polar surface area (TPSA) is 87.7 Å². The van der Waals surface area contributed by atoms with Gasteiger partial charge >= 0.3 is 5.97 Å². The van der Waals surface area contributed by atoms with Crippen LogP contribution in [0.3, 0.4) is 0 Å². The third-order valence-corrected chi connectivity index (χ3v) is 3.46. The Morgan fingerprint density at radius 1 is 1.47 bits per heavy atom. The monoisotopic (exact) mass is 242 g/mol. The van der Waals surface area contributed by atoms with Gasteiger partial charge in [-0.1, -0.05) is 0 Å². The number of morpholine rings is 1. The van der Waals surface area contributed by atoms with Crippen molar-refractivity contribution in [1.82, 2.24) is 10.6 Å². The van der Waals surface area contributed by atoms with Crippen LogP contribution in [0.25, 0.3) is 0 Å². The van der Waals surface area contributed by atoms with E-state index in [0.717, 1.165) is 12.8 Å². The van der Waals surface area contributed by atoms with E-state index in [9.17, 15) is 14.7 Å². The van der Waals surface area contributed by atoms with Crippen molar-refractivity contribution in [1.29, 1.82) is 0 Å². The molecule has 0 aromatic heterocycles. The highest BCUT2D eigenvalue weighted by Gasteiger charge is 2.49. The van der Waals surface area contributed by atoms with E-state index in [1.54, 1.807) is 6.92 Å². The Balaban J connectivity index is 1.97. The molecule has 1 saturated heterocycles. The third-order valence-electron chi connectivity index (χ3n) is 3.46. The Labute approximate surface area is 99.7 Å². The predicted molar refractivity (Wildman–Crippen MR) is 59.5 cm³/mol. The Bertz CT molecular complexity index is 323. The molecule has 6 nitrogen and oxygen atoms in total. The van der Waals surface area contributed by atoms with Gasteiger partial charge < -0.3 is 20.5 Å². The molecule has 0 spiro atoms. The van der Waals surface area contributed by atoms with E-state index in [0.29, 0.717) is 19.8 Å². The predicted octanol–water partition coefficient (Wildman–Crippen LogP) is -0.656. The maximum Gasteiger partial charge on any atom is 0.329 e. The fourth-order valence-electron chi connectivity index (χ4n) is 2.07. The van der Waals surface area contributed by atoms with Gasteiger partial charge in [-0.2, -0.15) is 0 Å². The van der Waals surface area contributed by atoms with Crippen LogP contribution in [-0.4, -0.2) is 48.3 Å². The average molecular weight is 242 g/mol. The molecule has 1 amide bonds. The number of carbonyl (C=O) groups excluding carboxylic acids is 1. The molecule has 2 atom stereocenters. The first-order valence-electron chi connectivity index (χ1n) is 5.90. The van der Waals surface area contributed by atoms with Crippen molar-refractivity contribution in [3.8, 4) is 0 Å². The van der Waals surface area contributed by atoms with Crippen molar-refractivity contribution in [3.05, 3.63) is 0 Å². The van der Waals surface area contributed by atoms with E-state index in [-0.39, 0.29) is 11.8 Å². The van der Waals surface area contributed by atoms with Crippen LogP contribution in [-0.2, 0) is 14.3 Å². The fraction of sp³-hybridized carbons (Fsp3) is 0.818. The van der Waals surface area contributed by atoms with Gasteiger partial charge in [-0.25, -0.2) is 4.79 Å². The Kier molecular flexibility index (Phi) is 3.35. The largest absolute Gasteiger partial charge is 0.480 e. The lowest BCUT2D eigenvalue weighted by Gasteiger charge is -2.30. The number of aliphatic carboxylic acids is 1. The normalized spacial score (nSPS) is 28.2. The molecule has 2 unspecified atom stereocenters. The van der Waals surface area contributed by atoms with E-state index in [1.807, 2.05) is 0 Å². The summed E-state index contributed by atoms with van der Waals surface area (Å²) >= 11 is 0. The minimum absolute atomic E-state index is 0.0495. The SMILES string of the molecule is CC(NC(=O)C1COCCN1)(C(=O)O)C1CC1. The molecule has 1 aliphatic carbocycles. The smallest absolute Gasteiger partial charge is 0.329 e. The third kappa shape index (κ3) is 2.58. The van der Waals surface area contributed by atoms with Crippen LogP contribution in [0.4, 0.5) is 0 Å². The molecule has 1 saturated carbocycles. The van der Waals surface area contributed by atoms with Gasteiger partial charge in [-0.05, 0) is 25.7 Å². The summed E-state index contributed by atoms with van der Waals surface area (Å²) in [5.74, 6) is -1.21. The van der Waals surface area contributed by atoms with E-state index in [1.165, 1.54) is 0 Å². The van der Waals surface area contributed by atoms with Crippen molar-refractivity contribution in [3.63, 3.8) is 0 Å². The average Bonchev–Trinajstić information content (AvgIpc) is 3.13. The molecule has 0 radical (unpaired) electrons. The number of nitrogens with one attached hydrogen (secondary N) is 2. The van der Waals surface area contributed by atoms with Crippen LogP contribution < -0.4 is 10.6 Å². The number of hydrogen-bond donors (Lipinski definition) is 3.